The summed E-state index contributed by atoms with van der Waals surface area (Å²) in [5.74, 6) is -0.160. The Morgan fingerprint density at radius 2 is 2.04 bits per heavy atom. The second-order valence-corrected chi connectivity index (χ2v) is 9.07. The summed E-state index contributed by atoms with van der Waals surface area (Å²) >= 11 is 5.96. The third-order valence-electron chi connectivity index (χ3n) is 4.86. The van der Waals surface area contributed by atoms with Crippen LogP contribution in [0.5, 0.6) is 0 Å². The molecule has 3 aliphatic heterocycles. The minimum Gasteiger partial charge on any atom is -0.338 e. The van der Waals surface area contributed by atoms with Gasteiger partial charge in [-0.25, -0.2) is 8.42 Å². The van der Waals surface area contributed by atoms with E-state index in [0.29, 0.717) is 30.2 Å². The van der Waals surface area contributed by atoms with Crippen molar-refractivity contribution in [3.05, 3.63) is 34.9 Å². The molecule has 1 aromatic carbocycles. The number of amides is 1. The average Bonchev–Trinajstić information content (AvgIpc) is 2.81. The van der Waals surface area contributed by atoms with Gasteiger partial charge in [0.15, 0.2) is 0 Å². The Hall–Kier alpha value is -1.11. The summed E-state index contributed by atoms with van der Waals surface area (Å²) < 4.78 is 27.2. The number of carbonyl (C=O) groups is 1. The van der Waals surface area contributed by atoms with E-state index >= 15 is 0 Å². The van der Waals surface area contributed by atoms with Crippen LogP contribution >= 0.6 is 11.6 Å². The second kappa shape index (κ2) is 7.02. The standard InChI is InChI=1S/C17H23ClN2O3S/c1-2-8-20-16-7-6-14(17(20)21)10-19(11-16)24(22,23)12-13-4-3-5-15(18)9-13/h3-5,9,14,16H,2,6-8,10-12H2,1H3. The highest BCUT2D eigenvalue weighted by molar-refractivity contribution is 7.88. The maximum absolute atomic E-state index is 12.9. The van der Waals surface area contributed by atoms with Crippen LogP contribution in [0.15, 0.2) is 24.3 Å². The fourth-order valence-corrected chi connectivity index (χ4v) is 5.49. The van der Waals surface area contributed by atoms with Gasteiger partial charge < -0.3 is 4.90 Å². The first-order valence-electron chi connectivity index (χ1n) is 8.43. The first kappa shape index (κ1) is 17.7. The third kappa shape index (κ3) is 3.60. The lowest BCUT2D eigenvalue weighted by Crippen LogP contribution is -2.48. The third-order valence-corrected chi connectivity index (χ3v) is 6.87. The topological polar surface area (TPSA) is 57.7 Å². The molecule has 24 heavy (non-hydrogen) atoms. The number of piperidine rings is 1. The quantitative estimate of drug-likeness (QED) is 0.800. The molecule has 2 bridgehead atoms. The zero-order valence-electron chi connectivity index (χ0n) is 13.8. The molecule has 3 saturated heterocycles. The number of benzene rings is 1. The Morgan fingerprint density at radius 1 is 1.25 bits per heavy atom. The van der Waals surface area contributed by atoms with Crippen LogP contribution < -0.4 is 0 Å². The number of carbonyl (C=O) groups excluding carboxylic acids is 1. The SMILES string of the molecule is CCCN1C(=O)C2CCC1CN(S(=O)(=O)Cc1cccc(Cl)c1)C2. The summed E-state index contributed by atoms with van der Waals surface area (Å²) in [5.41, 5.74) is 0.677. The second-order valence-electron chi connectivity index (χ2n) is 6.66. The predicted molar refractivity (Wildman–Crippen MR) is 94.2 cm³/mol. The van der Waals surface area contributed by atoms with Crippen LogP contribution in [0.2, 0.25) is 5.02 Å². The number of hydrogen-bond donors (Lipinski definition) is 0. The normalized spacial score (nSPS) is 25.1. The molecular formula is C17H23ClN2O3S. The van der Waals surface area contributed by atoms with Gasteiger partial charge in [0, 0.05) is 30.7 Å². The fourth-order valence-electron chi connectivity index (χ4n) is 3.69. The Labute approximate surface area is 148 Å². The van der Waals surface area contributed by atoms with Crippen molar-refractivity contribution in [3.8, 4) is 0 Å². The van der Waals surface area contributed by atoms with Gasteiger partial charge in [-0.1, -0.05) is 30.7 Å². The zero-order chi connectivity index (χ0) is 17.3. The summed E-state index contributed by atoms with van der Waals surface area (Å²) in [7, 11) is -3.47. The lowest BCUT2D eigenvalue weighted by Gasteiger charge is -2.35. The number of nitrogens with zero attached hydrogens (tertiary/aromatic N) is 2. The highest BCUT2D eigenvalue weighted by atomic mass is 35.5. The Bertz CT molecular complexity index is 722. The molecule has 0 radical (unpaired) electrons. The maximum atomic E-state index is 12.9. The highest BCUT2D eigenvalue weighted by Crippen LogP contribution is 2.31. The molecule has 1 amide bonds. The van der Waals surface area contributed by atoms with Crippen molar-refractivity contribution in [2.75, 3.05) is 19.6 Å². The van der Waals surface area contributed by atoms with Crippen molar-refractivity contribution >= 4 is 27.5 Å². The van der Waals surface area contributed by atoms with Crippen LogP contribution in [-0.4, -0.2) is 49.2 Å². The summed E-state index contributed by atoms with van der Waals surface area (Å²) in [6, 6.07) is 6.94. The monoisotopic (exact) mass is 370 g/mol. The van der Waals surface area contributed by atoms with Gasteiger partial charge in [-0.2, -0.15) is 4.31 Å². The van der Waals surface area contributed by atoms with Crippen molar-refractivity contribution < 1.29 is 13.2 Å². The zero-order valence-corrected chi connectivity index (χ0v) is 15.4. The minimum absolute atomic E-state index is 0.00494. The first-order valence-corrected chi connectivity index (χ1v) is 10.4. The summed E-state index contributed by atoms with van der Waals surface area (Å²) in [6.07, 6.45) is 2.57. The summed E-state index contributed by atoms with van der Waals surface area (Å²) in [4.78, 5) is 14.5. The molecule has 1 aromatic rings. The lowest BCUT2D eigenvalue weighted by atomic mass is 9.94. The molecule has 0 N–H and O–H groups in total. The Balaban J connectivity index is 1.80. The van der Waals surface area contributed by atoms with Crippen molar-refractivity contribution in [2.24, 2.45) is 5.92 Å². The molecular weight excluding hydrogens is 348 g/mol. The van der Waals surface area contributed by atoms with E-state index in [0.717, 1.165) is 19.3 Å². The van der Waals surface area contributed by atoms with Gasteiger partial charge in [0.2, 0.25) is 15.9 Å². The number of hydrogen-bond acceptors (Lipinski definition) is 3. The van der Waals surface area contributed by atoms with Crippen LogP contribution in [0.4, 0.5) is 0 Å². The fraction of sp³-hybridized carbons (Fsp3) is 0.588. The molecule has 3 aliphatic rings. The van der Waals surface area contributed by atoms with Crippen molar-refractivity contribution in [1.29, 1.82) is 0 Å². The van der Waals surface area contributed by atoms with E-state index in [1.54, 1.807) is 24.3 Å². The molecule has 0 saturated carbocycles. The summed E-state index contributed by atoms with van der Waals surface area (Å²) in [6.45, 7) is 3.46. The van der Waals surface area contributed by atoms with E-state index in [9.17, 15) is 13.2 Å². The van der Waals surface area contributed by atoms with Crippen LogP contribution in [0.3, 0.4) is 0 Å². The van der Waals surface area contributed by atoms with Gasteiger partial charge in [0.05, 0.1) is 11.7 Å². The van der Waals surface area contributed by atoms with E-state index in [1.165, 1.54) is 4.31 Å². The smallest absolute Gasteiger partial charge is 0.227 e. The van der Waals surface area contributed by atoms with E-state index in [4.69, 9.17) is 11.6 Å². The van der Waals surface area contributed by atoms with Gasteiger partial charge in [-0.15, -0.1) is 0 Å². The molecule has 7 heteroatoms. The minimum atomic E-state index is -3.47. The van der Waals surface area contributed by atoms with Gasteiger partial charge >= 0.3 is 0 Å². The van der Waals surface area contributed by atoms with E-state index in [2.05, 4.69) is 0 Å². The van der Waals surface area contributed by atoms with Crippen LogP contribution in [-0.2, 0) is 20.6 Å². The van der Waals surface area contributed by atoms with Crippen molar-refractivity contribution in [2.45, 2.75) is 38.0 Å². The van der Waals surface area contributed by atoms with Gasteiger partial charge in [-0.3, -0.25) is 4.79 Å². The van der Waals surface area contributed by atoms with Crippen LogP contribution in [0.1, 0.15) is 31.7 Å². The average molecular weight is 371 g/mol. The Kier molecular flexibility index (Phi) is 5.18. The largest absolute Gasteiger partial charge is 0.338 e. The molecule has 0 spiro atoms. The van der Waals surface area contributed by atoms with Crippen molar-refractivity contribution in [1.82, 2.24) is 9.21 Å². The van der Waals surface area contributed by atoms with Gasteiger partial charge in [-0.05, 0) is 37.0 Å². The molecule has 0 aromatic heterocycles. The number of halogens is 1. The van der Waals surface area contributed by atoms with E-state index in [1.807, 2.05) is 11.8 Å². The number of sulfonamides is 1. The Morgan fingerprint density at radius 3 is 2.75 bits per heavy atom. The molecule has 2 unspecified atom stereocenters. The molecule has 3 heterocycles. The first-order chi connectivity index (χ1) is 11.4. The van der Waals surface area contributed by atoms with Gasteiger partial charge in [0.1, 0.15) is 0 Å². The molecule has 0 aliphatic carbocycles. The molecule has 2 atom stereocenters. The summed E-state index contributed by atoms with van der Waals surface area (Å²) in [5, 5.41) is 0.530. The van der Waals surface area contributed by atoms with E-state index < -0.39 is 10.0 Å². The van der Waals surface area contributed by atoms with E-state index in [-0.39, 0.29) is 23.6 Å². The highest BCUT2D eigenvalue weighted by Gasteiger charge is 2.43. The molecule has 3 fully saturated rings. The lowest BCUT2D eigenvalue weighted by molar-refractivity contribution is -0.139. The molecule has 132 valence electrons. The van der Waals surface area contributed by atoms with Crippen LogP contribution in [0.25, 0.3) is 0 Å². The maximum Gasteiger partial charge on any atom is 0.227 e. The van der Waals surface area contributed by atoms with Gasteiger partial charge in [0.25, 0.3) is 0 Å². The van der Waals surface area contributed by atoms with Crippen molar-refractivity contribution in [3.63, 3.8) is 0 Å². The molecule has 5 nitrogen and oxygen atoms in total. The van der Waals surface area contributed by atoms with Crippen LogP contribution in [0, 0.1) is 5.92 Å². The number of rotatable bonds is 5. The predicted octanol–water partition coefficient (Wildman–Crippen LogP) is 2.50. The number of fused-ring (bicyclic) bond motifs is 4. The molecule has 4 rings (SSSR count).